The minimum atomic E-state index is 0.651. The van der Waals surface area contributed by atoms with Gasteiger partial charge in [-0.15, -0.1) is 11.3 Å². The molecular weight excluding hydrogens is 717 g/mol. The topological polar surface area (TPSA) is 56.7 Å². The highest BCUT2D eigenvalue weighted by Crippen LogP contribution is 2.43. The fraction of sp³-hybridized carbons (Fsp3) is 0. The standard InChI is InChI=1S/C51H30N4OS/c1-3-13-31(14-4-1)49-52-50(32-15-5-2-6-16-32)54-51(53-49)37-19-11-24-46-47(37)39-30-34(26-28-45(39)57-46)33-25-27-43-38(29-33)48-42(22-12-23-44(48)56-43)55-40-20-9-7-17-35(40)36-18-8-10-21-41(36)55/h1-30H. The Bertz CT molecular complexity index is 3420. The van der Waals surface area contributed by atoms with E-state index in [0.29, 0.717) is 17.5 Å². The van der Waals surface area contributed by atoms with Crippen molar-refractivity contribution in [1.82, 2.24) is 19.5 Å². The molecule has 0 radical (unpaired) electrons. The average Bonchev–Trinajstić information content (AvgIpc) is 3.96. The van der Waals surface area contributed by atoms with Crippen molar-refractivity contribution in [2.75, 3.05) is 0 Å². The fourth-order valence-corrected chi connectivity index (χ4v) is 9.59. The van der Waals surface area contributed by atoms with Gasteiger partial charge in [0.2, 0.25) is 0 Å². The third kappa shape index (κ3) is 5.04. The maximum Gasteiger partial charge on any atom is 0.164 e. The van der Waals surface area contributed by atoms with Crippen LogP contribution in [-0.4, -0.2) is 19.5 Å². The Morgan fingerprint density at radius 3 is 1.68 bits per heavy atom. The maximum absolute atomic E-state index is 6.54. The molecule has 0 bridgehead atoms. The Morgan fingerprint density at radius 1 is 0.386 bits per heavy atom. The van der Waals surface area contributed by atoms with Crippen molar-refractivity contribution < 1.29 is 4.42 Å². The molecule has 4 aromatic heterocycles. The monoisotopic (exact) mass is 746 g/mol. The number of hydrogen-bond donors (Lipinski definition) is 0. The van der Waals surface area contributed by atoms with E-state index in [2.05, 4.69) is 126 Å². The third-order valence-electron chi connectivity index (χ3n) is 11.1. The average molecular weight is 747 g/mol. The van der Waals surface area contributed by atoms with Gasteiger partial charge >= 0.3 is 0 Å². The summed E-state index contributed by atoms with van der Waals surface area (Å²) in [5.41, 5.74) is 10.3. The smallest absolute Gasteiger partial charge is 0.164 e. The van der Waals surface area contributed by atoms with Gasteiger partial charge in [0.05, 0.1) is 22.1 Å². The van der Waals surface area contributed by atoms with Gasteiger partial charge in [0.25, 0.3) is 0 Å². The first-order valence-electron chi connectivity index (χ1n) is 19.0. The molecule has 0 N–H and O–H groups in total. The molecule has 0 spiro atoms. The van der Waals surface area contributed by atoms with E-state index in [4.69, 9.17) is 19.4 Å². The van der Waals surface area contributed by atoms with Crippen LogP contribution in [-0.2, 0) is 0 Å². The van der Waals surface area contributed by atoms with Gasteiger partial charge in [0.15, 0.2) is 17.5 Å². The van der Waals surface area contributed by atoms with Crippen molar-refractivity contribution in [1.29, 1.82) is 0 Å². The van der Waals surface area contributed by atoms with E-state index >= 15 is 0 Å². The van der Waals surface area contributed by atoms with Crippen molar-refractivity contribution in [3.63, 3.8) is 0 Å². The number of benzene rings is 8. The Balaban J connectivity index is 1.05. The lowest BCUT2D eigenvalue weighted by Crippen LogP contribution is -2.00. The molecule has 0 aliphatic heterocycles. The first-order chi connectivity index (χ1) is 28.2. The number of rotatable bonds is 5. The predicted molar refractivity (Wildman–Crippen MR) is 236 cm³/mol. The molecule has 57 heavy (non-hydrogen) atoms. The minimum absolute atomic E-state index is 0.651. The highest BCUT2D eigenvalue weighted by Gasteiger charge is 2.20. The van der Waals surface area contributed by atoms with Gasteiger partial charge in [0.1, 0.15) is 11.2 Å². The number of hydrogen-bond acceptors (Lipinski definition) is 5. The lowest BCUT2D eigenvalue weighted by Gasteiger charge is -2.10. The molecule has 0 aliphatic carbocycles. The summed E-state index contributed by atoms with van der Waals surface area (Å²) in [7, 11) is 0. The van der Waals surface area contributed by atoms with E-state index in [9.17, 15) is 0 Å². The number of furan rings is 1. The first-order valence-corrected chi connectivity index (χ1v) is 19.8. The summed E-state index contributed by atoms with van der Waals surface area (Å²) in [4.78, 5) is 15.2. The maximum atomic E-state index is 6.54. The van der Waals surface area contributed by atoms with Gasteiger partial charge in [-0.3, -0.25) is 0 Å². The van der Waals surface area contributed by atoms with Crippen LogP contribution >= 0.6 is 11.3 Å². The van der Waals surface area contributed by atoms with Crippen LogP contribution in [0.15, 0.2) is 186 Å². The SMILES string of the molecule is c1ccc(-c2nc(-c3ccccc3)nc(-c3cccc4sc5ccc(-c6ccc7oc8cccc(-n9c%10ccccc%10c%10ccccc%109)c8c7c6)cc5c34)n2)cc1. The first kappa shape index (κ1) is 31.9. The van der Waals surface area contributed by atoms with E-state index in [1.807, 2.05) is 60.7 Å². The van der Waals surface area contributed by atoms with E-state index in [1.54, 1.807) is 11.3 Å². The second-order valence-corrected chi connectivity index (χ2v) is 15.4. The lowest BCUT2D eigenvalue weighted by atomic mass is 9.99. The Hall–Kier alpha value is -7.41. The molecule has 12 aromatic rings. The number of nitrogens with zero attached hydrogens (tertiary/aromatic N) is 4. The summed E-state index contributed by atoms with van der Waals surface area (Å²) >= 11 is 1.79. The largest absolute Gasteiger partial charge is 0.456 e. The van der Waals surface area contributed by atoms with Gasteiger partial charge in [-0.05, 0) is 65.7 Å². The Labute approximate surface area is 330 Å². The van der Waals surface area contributed by atoms with Crippen molar-refractivity contribution >= 4 is 75.3 Å². The Morgan fingerprint density at radius 2 is 0.982 bits per heavy atom. The molecular formula is C51H30N4OS. The Kier molecular flexibility index (Phi) is 7.03. The zero-order valence-electron chi connectivity index (χ0n) is 30.4. The van der Waals surface area contributed by atoms with Crippen LogP contribution in [0.3, 0.4) is 0 Å². The molecule has 0 fully saturated rings. The zero-order valence-corrected chi connectivity index (χ0v) is 31.2. The van der Waals surface area contributed by atoms with Crippen LogP contribution in [0.1, 0.15) is 0 Å². The lowest BCUT2D eigenvalue weighted by molar-refractivity contribution is 0.669. The predicted octanol–water partition coefficient (Wildman–Crippen LogP) is 13.9. The van der Waals surface area contributed by atoms with Gasteiger partial charge in [-0.2, -0.15) is 0 Å². The van der Waals surface area contributed by atoms with Gasteiger partial charge in [0, 0.05) is 53.0 Å². The second kappa shape index (κ2) is 12.6. The molecule has 6 heteroatoms. The molecule has 8 aromatic carbocycles. The van der Waals surface area contributed by atoms with Crippen LogP contribution < -0.4 is 0 Å². The highest BCUT2D eigenvalue weighted by molar-refractivity contribution is 7.26. The van der Waals surface area contributed by atoms with Crippen LogP contribution in [0.4, 0.5) is 0 Å². The summed E-state index contributed by atoms with van der Waals surface area (Å²) in [5, 5.41) is 6.98. The normalized spacial score (nSPS) is 11.9. The van der Waals surface area contributed by atoms with Crippen molar-refractivity contribution in [2.24, 2.45) is 0 Å². The summed E-state index contributed by atoms with van der Waals surface area (Å²) < 4.78 is 11.3. The molecule has 12 rings (SSSR count). The molecule has 0 aliphatic rings. The minimum Gasteiger partial charge on any atom is -0.456 e. The van der Waals surface area contributed by atoms with Crippen LogP contribution in [0.2, 0.25) is 0 Å². The van der Waals surface area contributed by atoms with Gasteiger partial charge < -0.3 is 8.98 Å². The molecule has 4 heterocycles. The van der Waals surface area contributed by atoms with E-state index in [1.165, 1.54) is 36.6 Å². The van der Waals surface area contributed by atoms with Crippen molar-refractivity contribution in [2.45, 2.75) is 0 Å². The zero-order chi connectivity index (χ0) is 37.5. The number of para-hydroxylation sites is 2. The number of thiophene rings is 1. The molecule has 266 valence electrons. The molecule has 0 saturated carbocycles. The van der Waals surface area contributed by atoms with Crippen LogP contribution in [0.5, 0.6) is 0 Å². The summed E-state index contributed by atoms with van der Waals surface area (Å²) in [5.74, 6) is 1.96. The fourth-order valence-electron chi connectivity index (χ4n) is 8.48. The van der Waals surface area contributed by atoms with Crippen LogP contribution in [0.25, 0.3) is 115 Å². The van der Waals surface area contributed by atoms with Gasteiger partial charge in [-0.1, -0.05) is 127 Å². The quantitative estimate of drug-likeness (QED) is 0.176. The molecule has 0 unspecified atom stereocenters. The summed E-state index contributed by atoms with van der Waals surface area (Å²) in [6.07, 6.45) is 0. The summed E-state index contributed by atoms with van der Waals surface area (Å²) in [6, 6.07) is 63.8. The molecule has 0 amide bonds. The third-order valence-corrected chi connectivity index (χ3v) is 12.2. The van der Waals surface area contributed by atoms with Crippen LogP contribution in [0, 0.1) is 0 Å². The van der Waals surface area contributed by atoms with E-state index in [0.717, 1.165) is 60.8 Å². The highest BCUT2D eigenvalue weighted by atomic mass is 32.1. The number of aromatic nitrogens is 4. The van der Waals surface area contributed by atoms with E-state index in [-0.39, 0.29) is 0 Å². The summed E-state index contributed by atoms with van der Waals surface area (Å²) in [6.45, 7) is 0. The van der Waals surface area contributed by atoms with Gasteiger partial charge in [-0.25, -0.2) is 15.0 Å². The van der Waals surface area contributed by atoms with Crippen molar-refractivity contribution in [3.05, 3.63) is 182 Å². The van der Waals surface area contributed by atoms with Crippen molar-refractivity contribution in [3.8, 4) is 51.0 Å². The second-order valence-electron chi connectivity index (χ2n) is 14.4. The molecule has 5 nitrogen and oxygen atoms in total. The van der Waals surface area contributed by atoms with E-state index < -0.39 is 0 Å². The molecule has 0 saturated heterocycles. The molecule has 0 atom stereocenters. The number of fused-ring (bicyclic) bond motifs is 9.